The Morgan fingerprint density at radius 2 is 2.21 bits per heavy atom. The van der Waals surface area contributed by atoms with Crippen molar-refractivity contribution in [2.24, 2.45) is 0 Å². The number of esters is 1. The lowest BCUT2D eigenvalue weighted by atomic mass is 10.2. The van der Waals surface area contributed by atoms with E-state index in [2.05, 4.69) is 15.6 Å². The van der Waals surface area contributed by atoms with Crippen molar-refractivity contribution in [2.75, 3.05) is 30.5 Å². The molecule has 1 fully saturated rings. The quantitative estimate of drug-likeness (QED) is 0.667. The zero-order valence-electron chi connectivity index (χ0n) is 16.1. The number of carbonyl (C=O) groups excluding carboxylic acids is 3. The molecule has 0 saturated carbocycles. The summed E-state index contributed by atoms with van der Waals surface area (Å²) in [4.78, 5) is 41.9. The molecular weight excluding hydrogens is 396 g/mol. The summed E-state index contributed by atoms with van der Waals surface area (Å²) >= 11 is 1.22. The maximum atomic E-state index is 12.3. The lowest BCUT2D eigenvalue weighted by Crippen LogP contribution is -2.39. The summed E-state index contributed by atoms with van der Waals surface area (Å²) in [5.41, 5.74) is 1.26. The molecule has 2 N–H and O–H groups in total. The van der Waals surface area contributed by atoms with Gasteiger partial charge in [0, 0.05) is 30.1 Å². The van der Waals surface area contributed by atoms with Gasteiger partial charge >= 0.3 is 12.0 Å². The van der Waals surface area contributed by atoms with E-state index in [0.29, 0.717) is 29.7 Å². The zero-order valence-corrected chi connectivity index (χ0v) is 17.0. The molecule has 1 aliphatic rings. The molecule has 0 bridgehead atoms. The van der Waals surface area contributed by atoms with Crippen LogP contribution in [0.5, 0.6) is 5.75 Å². The highest BCUT2D eigenvalue weighted by Gasteiger charge is 2.31. The first-order valence-corrected chi connectivity index (χ1v) is 9.98. The number of hydrogen-bond acceptors (Lipinski definition) is 7. The second-order valence-corrected chi connectivity index (χ2v) is 7.19. The van der Waals surface area contributed by atoms with Crippen LogP contribution < -0.4 is 20.3 Å². The number of methoxy groups -OCH3 is 1. The maximum absolute atomic E-state index is 12.3. The summed E-state index contributed by atoms with van der Waals surface area (Å²) in [6.07, 6.45) is 0.261. The van der Waals surface area contributed by atoms with Crippen LogP contribution in [0.4, 0.5) is 15.6 Å². The van der Waals surface area contributed by atoms with Crippen molar-refractivity contribution < 1.29 is 23.9 Å². The smallest absolute Gasteiger partial charge is 0.321 e. The third-order valence-electron chi connectivity index (χ3n) is 4.23. The largest absolute Gasteiger partial charge is 0.497 e. The Labute approximate surface area is 172 Å². The molecule has 1 saturated heterocycles. The number of ether oxygens (including phenoxy) is 2. The van der Waals surface area contributed by atoms with Crippen molar-refractivity contribution >= 4 is 40.1 Å². The summed E-state index contributed by atoms with van der Waals surface area (Å²) < 4.78 is 10.1. The van der Waals surface area contributed by atoms with Crippen LogP contribution in [-0.4, -0.2) is 49.2 Å². The van der Waals surface area contributed by atoms with Crippen LogP contribution in [0, 0.1) is 0 Å². The molecule has 3 amide bonds. The van der Waals surface area contributed by atoms with Crippen LogP contribution in [0.1, 0.15) is 19.0 Å². The number of carbonyl (C=O) groups is 3. The summed E-state index contributed by atoms with van der Waals surface area (Å²) in [6, 6.07) is 6.44. The van der Waals surface area contributed by atoms with Crippen LogP contribution in [-0.2, 0) is 20.7 Å². The van der Waals surface area contributed by atoms with Gasteiger partial charge in [-0.25, -0.2) is 9.78 Å². The Balaban J connectivity index is 1.53. The Kier molecular flexibility index (Phi) is 6.65. The van der Waals surface area contributed by atoms with Crippen molar-refractivity contribution in [3.8, 4) is 5.75 Å². The molecule has 1 atom stereocenters. The number of hydrogen-bond donors (Lipinski definition) is 2. The Morgan fingerprint density at radius 3 is 2.97 bits per heavy atom. The number of rotatable bonds is 7. The van der Waals surface area contributed by atoms with Gasteiger partial charge in [-0.3, -0.25) is 14.9 Å². The average molecular weight is 418 g/mol. The van der Waals surface area contributed by atoms with Crippen molar-refractivity contribution in [3.63, 3.8) is 0 Å². The molecule has 1 aliphatic heterocycles. The molecule has 10 heteroatoms. The topological polar surface area (TPSA) is 110 Å². The van der Waals surface area contributed by atoms with E-state index in [0.717, 1.165) is 5.69 Å². The normalized spacial score (nSPS) is 15.9. The standard InChI is InChI=1S/C19H22N4O5S/c1-3-28-17(25)8-13-11-29-19(21-13)22-18(26)20-12-7-16(24)23(10-12)14-5-4-6-15(9-14)27-2/h4-6,9,11-12H,3,7-8,10H2,1-2H3,(H2,20,21,22,26). The molecule has 2 heterocycles. The fraction of sp³-hybridized carbons (Fsp3) is 0.368. The monoisotopic (exact) mass is 418 g/mol. The van der Waals surface area contributed by atoms with Gasteiger partial charge in [-0.1, -0.05) is 6.07 Å². The van der Waals surface area contributed by atoms with Gasteiger partial charge in [0.05, 0.1) is 31.9 Å². The number of thiazole rings is 1. The second-order valence-electron chi connectivity index (χ2n) is 6.33. The van der Waals surface area contributed by atoms with E-state index in [9.17, 15) is 14.4 Å². The van der Waals surface area contributed by atoms with E-state index in [4.69, 9.17) is 9.47 Å². The number of nitrogens with one attached hydrogen (secondary N) is 2. The predicted octanol–water partition coefficient (Wildman–Crippen LogP) is 2.18. The first-order valence-electron chi connectivity index (χ1n) is 9.10. The van der Waals surface area contributed by atoms with E-state index in [1.54, 1.807) is 36.4 Å². The number of benzene rings is 1. The molecule has 1 aromatic carbocycles. The summed E-state index contributed by atoms with van der Waals surface area (Å²) in [5.74, 6) is 0.220. The lowest BCUT2D eigenvalue weighted by Gasteiger charge is -2.18. The summed E-state index contributed by atoms with van der Waals surface area (Å²) in [5, 5.41) is 7.49. The minimum absolute atomic E-state index is 0.0558. The highest BCUT2D eigenvalue weighted by molar-refractivity contribution is 7.13. The highest BCUT2D eigenvalue weighted by Crippen LogP contribution is 2.25. The molecule has 0 aliphatic carbocycles. The Morgan fingerprint density at radius 1 is 1.38 bits per heavy atom. The summed E-state index contributed by atoms with van der Waals surface area (Å²) in [7, 11) is 1.57. The molecule has 2 aromatic rings. The average Bonchev–Trinajstić information content (AvgIpc) is 3.27. The van der Waals surface area contributed by atoms with E-state index in [-0.39, 0.29) is 30.8 Å². The van der Waals surface area contributed by atoms with Gasteiger partial charge in [0.15, 0.2) is 5.13 Å². The number of nitrogens with zero attached hydrogens (tertiary/aromatic N) is 2. The van der Waals surface area contributed by atoms with E-state index >= 15 is 0 Å². The molecule has 0 radical (unpaired) electrons. The van der Waals surface area contributed by atoms with E-state index < -0.39 is 6.03 Å². The van der Waals surface area contributed by atoms with Crippen LogP contribution in [0.15, 0.2) is 29.6 Å². The molecule has 1 aromatic heterocycles. The minimum Gasteiger partial charge on any atom is -0.497 e. The Bertz CT molecular complexity index is 900. The molecule has 3 rings (SSSR count). The summed E-state index contributed by atoms with van der Waals surface area (Å²) in [6.45, 7) is 2.41. The van der Waals surface area contributed by atoms with Crippen LogP contribution in [0.3, 0.4) is 0 Å². The maximum Gasteiger partial charge on any atom is 0.321 e. The van der Waals surface area contributed by atoms with Gasteiger partial charge in [0.2, 0.25) is 5.91 Å². The fourth-order valence-corrected chi connectivity index (χ4v) is 3.66. The Hall–Kier alpha value is -3.14. The number of anilines is 2. The SMILES string of the molecule is CCOC(=O)Cc1csc(NC(=O)NC2CC(=O)N(c3cccc(OC)c3)C2)n1. The number of aromatic nitrogens is 1. The van der Waals surface area contributed by atoms with Gasteiger partial charge in [0.1, 0.15) is 5.75 Å². The number of amides is 3. The zero-order chi connectivity index (χ0) is 20.8. The first kappa shape index (κ1) is 20.6. The van der Waals surface area contributed by atoms with Crippen LogP contribution >= 0.6 is 11.3 Å². The molecule has 154 valence electrons. The van der Waals surface area contributed by atoms with Gasteiger partial charge in [-0.15, -0.1) is 11.3 Å². The van der Waals surface area contributed by atoms with Gasteiger partial charge in [0.25, 0.3) is 0 Å². The van der Waals surface area contributed by atoms with E-state index in [1.165, 1.54) is 11.3 Å². The highest BCUT2D eigenvalue weighted by atomic mass is 32.1. The third-order valence-corrected chi connectivity index (χ3v) is 5.03. The van der Waals surface area contributed by atoms with Crippen molar-refractivity contribution in [1.29, 1.82) is 0 Å². The van der Waals surface area contributed by atoms with Crippen LogP contribution in [0.2, 0.25) is 0 Å². The number of urea groups is 1. The van der Waals surface area contributed by atoms with Gasteiger partial charge in [-0.05, 0) is 19.1 Å². The van der Waals surface area contributed by atoms with Crippen LogP contribution in [0.25, 0.3) is 0 Å². The molecule has 9 nitrogen and oxygen atoms in total. The van der Waals surface area contributed by atoms with Gasteiger partial charge < -0.3 is 19.7 Å². The van der Waals surface area contributed by atoms with Crippen molar-refractivity contribution in [2.45, 2.75) is 25.8 Å². The predicted molar refractivity (Wildman–Crippen MR) is 108 cm³/mol. The third kappa shape index (κ3) is 5.44. The van der Waals surface area contributed by atoms with E-state index in [1.807, 2.05) is 12.1 Å². The minimum atomic E-state index is -0.452. The molecular formula is C19H22N4O5S. The lowest BCUT2D eigenvalue weighted by molar-refractivity contribution is -0.142. The molecule has 1 unspecified atom stereocenters. The van der Waals surface area contributed by atoms with Crippen molar-refractivity contribution in [1.82, 2.24) is 10.3 Å². The molecule has 0 spiro atoms. The van der Waals surface area contributed by atoms with Crippen molar-refractivity contribution in [3.05, 3.63) is 35.3 Å². The first-order chi connectivity index (χ1) is 14.0. The van der Waals surface area contributed by atoms with Gasteiger partial charge in [-0.2, -0.15) is 0 Å². The molecule has 29 heavy (non-hydrogen) atoms. The second kappa shape index (κ2) is 9.37. The fourth-order valence-electron chi connectivity index (χ4n) is 2.96.